The first-order valence-electron chi connectivity index (χ1n) is 8.06. The molecule has 6 heteroatoms. The molecule has 1 atom stereocenters. The topological polar surface area (TPSA) is 58.6 Å². The van der Waals surface area contributed by atoms with Crippen LogP contribution in [0.15, 0.2) is 6.07 Å². The second-order valence-electron chi connectivity index (χ2n) is 6.16. The van der Waals surface area contributed by atoms with Gasteiger partial charge in [-0.3, -0.25) is 9.69 Å². The fourth-order valence-electron chi connectivity index (χ4n) is 3.20. The third kappa shape index (κ3) is 3.62. The zero-order valence-corrected chi connectivity index (χ0v) is 13.4. The Hall–Kier alpha value is -1.53. The molecule has 3 rings (SSSR count). The summed E-state index contributed by atoms with van der Waals surface area (Å²) in [5.41, 5.74) is 1.82. The van der Waals surface area contributed by atoms with Crippen LogP contribution in [0.3, 0.4) is 0 Å². The third-order valence-electron chi connectivity index (χ3n) is 4.29. The average Bonchev–Trinajstić information content (AvgIpc) is 2.99. The Balaban J connectivity index is 1.64. The number of amides is 1. The molecule has 120 valence electrons. The van der Waals surface area contributed by atoms with Crippen molar-refractivity contribution in [2.75, 3.05) is 39.3 Å². The number of hydrogen-bond donors (Lipinski definition) is 0. The minimum atomic E-state index is -0.142. The molecule has 22 heavy (non-hydrogen) atoms. The molecule has 0 spiro atoms. The fourth-order valence-corrected chi connectivity index (χ4v) is 3.20. The molecular formula is C16H24N4O2. The second kappa shape index (κ2) is 6.71. The molecule has 1 amide bonds. The maximum absolute atomic E-state index is 12.5. The highest BCUT2D eigenvalue weighted by atomic mass is 16.5. The van der Waals surface area contributed by atoms with Crippen LogP contribution in [0.4, 0.5) is 0 Å². The van der Waals surface area contributed by atoms with Gasteiger partial charge in [0, 0.05) is 12.2 Å². The third-order valence-corrected chi connectivity index (χ3v) is 4.29. The van der Waals surface area contributed by atoms with E-state index in [1.807, 2.05) is 24.8 Å². The fraction of sp³-hybridized carbons (Fsp3) is 0.688. The number of aryl methyl sites for hydroxylation is 2. The van der Waals surface area contributed by atoms with Gasteiger partial charge in [0.15, 0.2) is 0 Å². The van der Waals surface area contributed by atoms with Crippen LogP contribution in [0.2, 0.25) is 0 Å². The Morgan fingerprint density at radius 2 is 2.05 bits per heavy atom. The van der Waals surface area contributed by atoms with Gasteiger partial charge in [0.25, 0.3) is 0 Å². The molecule has 0 saturated carbocycles. The zero-order chi connectivity index (χ0) is 15.5. The van der Waals surface area contributed by atoms with Crippen LogP contribution >= 0.6 is 0 Å². The first kappa shape index (κ1) is 15.4. The number of aromatic nitrogens is 2. The van der Waals surface area contributed by atoms with E-state index in [1.165, 1.54) is 12.8 Å². The summed E-state index contributed by atoms with van der Waals surface area (Å²) in [6.45, 7) is 8.29. The van der Waals surface area contributed by atoms with Crippen LogP contribution in [-0.2, 0) is 9.53 Å². The molecule has 2 fully saturated rings. The van der Waals surface area contributed by atoms with Crippen LogP contribution in [0.1, 0.15) is 36.2 Å². The summed E-state index contributed by atoms with van der Waals surface area (Å²) in [4.78, 5) is 25.4. The van der Waals surface area contributed by atoms with Crippen LogP contribution in [0.5, 0.6) is 0 Å². The highest BCUT2D eigenvalue weighted by molar-refractivity contribution is 5.78. The number of morpholine rings is 1. The molecule has 1 aromatic heterocycles. The van der Waals surface area contributed by atoms with Gasteiger partial charge in [-0.25, -0.2) is 9.97 Å². The molecule has 0 bridgehead atoms. The van der Waals surface area contributed by atoms with Gasteiger partial charge in [0.05, 0.1) is 25.4 Å². The molecular weight excluding hydrogens is 280 g/mol. The zero-order valence-electron chi connectivity index (χ0n) is 13.4. The van der Waals surface area contributed by atoms with E-state index in [2.05, 4.69) is 14.9 Å². The van der Waals surface area contributed by atoms with Gasteiger partial charge in [-0.2, -0.15) is 0 Å². The molecule has 6 nitrogen and oxygen atoms in total. The molecule has 3 heterocycles. The highest BCUT2D eigenvalue weighted by Gasteiger charge is 2.28. The average molecular weight is 304 g/mol. The predicted molar refractivity (Wildman–Crippen MR) is 82.5 cm³/mol. The van der Waals surface area contributed by atoms with E-state index in [9.17, 15) is 4.79 Å². The van der Waals surface area contributed by atoms with Crippen molar-refractivity contribution in [3.05, 3.63) is 23.3 Å². The summed E-state index contributed by atoms with van der Waals surface area (Å²) >= 11 is 0. The highest BCUT2D eigenvalue weighted by Crippen LogP contribution is 2.21. The largest absolute Gasteiger partial charge is 0.368 e. The quantitative estimate of drug-likeness (QED) is 0.836. The maximum atomic E-state index is 12.5. The van der Waals surface area contributed by atoms with Crippen molar-refractivity contribution in [2.45, 2.75) is 32.8 Å². The molecule has 2 aliphatic heterocycles. The number of carbonyl (C=O) groups is 1. The van der Waals surface area contributed by atoms with Gasteiger partial charge in [-0.1, -0.05) is 0 Å². The van der Waals surface area contributed by atoms with Crippen molar-refractivity contribution in [2.24, 2.45) is 0 Å². The summed E-state index contributed by atoms with van der Waals surface area (Å²) in [5.74, 6) is 0.955. The summed E-state index contributed by atoms with van der Waals surface area (Å²) < 4.78 is 5.83. The van der Waals surface area contributed by atoms with Crippen molar-refractivity contribution >= 4 is 5.91 Å². The van der Waals surface area contributed by atoms with E-state index in [0.29, 0.717) is 26.2 Å². The minimum absolute atomic E-state index is 0.142. The van der Waals surface area contributed by atoms with E-state index in [0.717, 1.165) is 30.3 Å². The summed E-state index contributed by atoms with van der Waals surface area (Å²) in [6, 6.07) is 1.95. The number of hydrogen-bond acceptors (Lipinski definition) is 5. The SMILES string of the molecule is Cc1cc([C@H]2CN(C(=O)CN3CCCC3)CCO2)nc(C)n1. The smallest absolute Gasteiger partial charge is 0.236 e. The lowest BCUT2D eigenvalue weighted by atomic mass is 10.1. The second-order valence-corrected chi connectivity index (χ2v) is 6.16. The Bertz CT molecular complexity index is 523. The van der Waals surface area contributed by atoms with E-state index in [4.69, 9.17) is 4.74 Å². The van der Waals surface area contributed by atoms with Crippen LogP contribution in [0, 0.1) is 13.8 Å². The number of ether oxygens (including phenoxy) is 1. The van der Waals surface area contributed by atoms with E-state index < -0.39 is 0 Å². The maximum Gasteiger partial charge on any atom is 0.236 e. The Labute approximate surface area is 131 Å². The van der Waals surface area contributed by atoms with E-state index in [1.54, 1.807) is 0 Å². The monoisotopic (exact) mass is 304 g/mol. The van der Waals surface area contributed by atoms with Crippen molar-refractivity contribution in [3.8, 4) is 0 Å². The van der Waals surface area contributed by atoms with Gasteiger partial charge in [-0.15, -0.1) is 0 Å². The normalized spacial score (nSPS) is 23.0. The molecule has 0 unspecified atom stereocenters. The lowest BCUT2D eigenvalue weighted by Gasteiger charge is -2.33. The molecule has 2 saturated heterocycles. The van der Waals surface area contributed by atoms with Crippen LogP contribution < -0.4 is 0 Å². The molecule has 2 aliphatic rings. The van der Waals surface area contributed by atoms with Gasteiger partial charge in [0.2, 0.25) is 5.91 Å². The number of likely N-dealkylation sites (tertiary alicyclic amines) is 1. The van der Waals surface area contributed by atoms with Crippen LogP contribution in [-0.4, -0.2) is 65.0 Å². The molecule has 0 aromatic carbocycles. The summed E-state index contributed by atoms with van der Waals surface area (Å²) in [6.07, 6.45) is 2.27. The first-order valence-corrected chi connectivity index (χ1v) is 8.06. The van der Waals surface area contributed by atoms with Crippen molar-refractivity contribution in [1.82, 2.24) is 19.8 Å². The lowest BCUT2D eigenvalue weighted by molar-refractivity contribution is -0.140. The van der Waals surface area contributed by atoms with Gasteiger partial charge < -0.3 is 9.64 Å². The first-order chi connectivity index (χ1) is 10.6. The van der Waals surface area contributed by atoms with Crippen molar-refractivity contribution < 1.29 is 9.53 Å². The number of rotatable bonds is 3. The molecule has 0 aliphatic carbocycles. The molecule has 0 N–H and O–H groups in total. The van der Waals surface area contributed by atoms with Crippen molar-refractivity contribution in [1.29, 1.82) is 0 Å². The van der Waals surface area contributed by atoms with Crippen LogP contribution in [0.25, 0.3) is 0 Å². The standard InChI is InChI=1S/C16H24N4O2/c1-12-9-14(18-13(2)17-12)15-10-20(7-8-22-15)16(21)11-19-5-3-4-6-19/h9,15H,3-8,10-11H2,1-2H3/t15-/m1/s1. The molecule has 1 aromatic rings. The lowest BCUT2D eigenvalue weighted by Crippen LogP contribution is -2.46. The Morgan fingerprint density at radius 3 is 2.77 bits per heavy atom. The van der Waals surface area contributed by atoms with Crippen molar-refractivity contribution in [3.63, 3.8) is 0 Å². The Morgan fingerprint density at radius 1 is 1.27 bits per heavy atom. The van der Waals surface area contributed by atoms with E-state index >= 15 is 0 Å². The van der Waals surface area contributed by atoms with Gasteiger partial charge in [0.1, 0.15) is 11.9 Å². The number of carbonyl (C=O) groups excluding carboxylic acids is 1. The minimum Gasteiger partial charge on any atom is -0.368 e. The van der Waals surface area contributed by atoms with Gasteiger partial charge in [-0.05, 0) is 45.8 Å². The van der Waals surface area contributed by atoms with E-state index in [-0.39, 0.29) is 12.0 Å². The summed E-state index contributed by atoms with van der Waals surface area (Å²) in [5, 5.41) is 0. The number of nitrogens with zero attached hydrogens (tertiary/aromatic N) is 4. The van der Waals surface area contributed by atoms with Gasteiger partial charge >= 0.3 is 0 Å². The molecule has 0 radical (unpaired) electrons. The Kier molecular flexibility index (Phi) is 4.69. The predicted octanol–water partition coefficient (Wildman–Crippen LogP) is 1.09. The summed E-state index contributed by atoms with van der Waals surface area (Å²) in [7, 11) is 0.